The summed E-state index contributed by atoms with van der Waals surface area (Å²) in [5, 5.41) is 13.1. The molecule has 2 aromatic carbocycles. The van der Waals surface area contributed by atoms with Crippen LogP contribution < -0.4 is 10.6 Å². The lowest BCUT2D eigenvalue weighted by Crippen LogP contribution is -2.44. The molecule has 2 atom stereocenters. The first kappa shape index (κ1) is 23.2. The summed E-state index contributed by atoms with van der Waals surface area (Å²) in [4.78, 5) is 34.8. The summed E-state index contributed by atoms with van der Waals surface area (Å²) in [6.45, 7) is 1.63. The number of carbonyl (C=O) groups is 3. The van der Waals surface area contributed by atoms with Crippen LogP contribution in [0.1, 0.15) is 36.8 Å². The lowest BCUT2D eigenvalue weighted by atomic mass is 9.98. The van der Waals surface area contributed by atoms with E-state index in [1.165, 1.54) is 6.92 Å². The molecule has 0 spiro atoms. The largest absolute Gasteiger partial charge is 0.481 e. The summed E-state index contributed by atoms with van der Waals surface area (Å²) in [6.07, 6.45) is -4.94. The lowest BCUT2D eigenvalue weighted by Gasteiger charge is -2.19. The van der Waals surface area contributed by atoms with E-state index in [0.29, 0.717) is 0 Å². The Labute approximate surface area is 183 Å². The molecular formula is C23H24F2N2O5. The second kappa shape index (κ2) is 10.2. The number of halogens is 2. The van der Waals surface area contributed by atoms with E-state index in [-0.39, 0.29) is 18.9 Å². The molecule has 0 bridgehead atoms. The molecule has 0 saturated heterocycles. The summed E-state index contributed by atoms with van der Waals surface area (Å²) >= 11 is 0. The van der Waals surface area contributed by atoms with Gasteiger partial charge in [-0.1, -0.05) is 48.5 Å². The number of ether oxygens (including phenoxy) is 1. The Kier molecular flexibility index (Phi) is 7.40. The minimum atomic E-state index is -3.01. The predicted molar refractivity (Wildman–Crippen MR) is 112 cm³/mol. The van der Waals surface area contributed by atoms with E-state index in [9.17, 15) is 23.2 Å². The van der Waals surface area contributed by atoms with Crippen molar-refractivity contribution in [3.05, 3.63) is 59.7 Å². The number of aliphatic carboxylic acids is 1. The van der Waals surface area contributed by atoms with Crippen LogP contribution in [0.3, 0.4) is 0 Å². The van der Waals surface area contributed by atoms with Crippen molar-refractivity contribution in [2.45, 2.75) is 44.2 Å². The van der Waals surface area contributed by atoms with Gasteiger partial charge in [-0.15, -0.1) is 0 Å². The minimum Gasteiger partial charge on any atom is -0.481 e. The number of alkyl carbamates (subject to hydrolysis) is 1. The molecule has 2 amide bonds. The van der Waals surface area contributed by atoms with E-state index in [2.05, 4.69) is 5.32 Å². The molecule has 1 aliphatic carbocycles. The van der Waals surface area contributed by atoms with Gasteiger partial charge in [0, 0.05) is 18.4 Å². The van der Waals surface area contributed by atoms with Crippen LogP contribution in [-0.4, -0.2) is 48.2 Å². The normalized spacial score (nSPS) is 14.2. The average Bonchev–Trinajstić information content (AvgIpc) is 3.05. The zero-order valence-corrected chi connectivity index (χ0v) is 17.4. The zero-order chi connectivity index (χ0) is 23.3. The third-order valence-corrected chi connectivity index (χ3v) is 5.24. The number of benzene rings is 2. The maximum absolute atomic E-state index is 12.9. The number of alkyl halides is 2. The second-order valence-corrected chi connectivity index (χ2v) is 7.68. The van der Waals surface area contributed by atoms with Crippen molar-refractivity contribution in [3.8, 4) is 11.1 Å². The topological polar surface area (TPSA) is 105 Å². The fraction of sp³-hybridized carbons (Fsp3) is 0.348. The molecule has 1 unspecified atom stereocenters. The van der Waals surface area contributed by atoms with Crippen LogP contribution in [0.25, 0.3) is 11.1 Å². The highest BCUT2D eigenvalue weighted by atomic mass is 19.3. The lowest BCUT2D eigenvalue weighted by molar-refractivity contribution is -0.139. The summed E-state index contributed by atoms with van der Waals surface area (Å²) in [5.41, 5.74) is 4.31. The number of nitrogens with one attached hydrogen (secondary N) is 2. The molecule has 2 aromatic rings. The van der Waals surface area contributed by atoms with Gasteiger partial charge in [0.05, 0.1) is 6.42 Å². The molecule has 3 N–H and O–H groups in total. The van der Waals surface area contributed by atoms with E-state index >= 15 is 0 Å². The van der Waals surface area contributed by atoms with Crippen LogP contribution in [0.5, 0.6) is 0 Å². The Balaban J connectivity index is 1.52. The summed E-state index contributed by atoms with van der Waals surface area (Å²) in [5.74, 6) is -2.35. The molecule has 0 saturated carbocycles. The number of amides is 2. The molecule has 7 nitrogen and oxygen atoms in total. The van der Waals surface area contributed by atoms with Crippen molar-refractivity contribution in [3.63, 3.8) is 0 Å². The van der Waals surface area contributed by atoms with Crippen LogP contribution >= 0.6 is 0 Å². The minimum absolute atomic E-state index is 0.102. The predicted octanol–water partition coefficient (Wildman–Crippen LogP) is 3.53. The Morgan fingerprint density at radius 3 is 2.06 bits per heavy atom. The van der Waals surface area contributed by atoms with Gasteiger partial charge in [-0.25, -0.2) is 13.6 Å². The Morgan fingerprint density at radius 2 is 1.53 bits per heavy atom. The van der Waals surface area contributed by atoms with Crippen LogP contribution in [0.2, 0.25) is 0 Å². The van der Waals surface area contributed by atoms with Gasteiger partial charge in [0.15, 0.2) is 0 Å². The zero-order valence-electron chi connectivity index (χ0n) is 17.4. The number of rotatable bonds is 9. The van der Waals surface area contributed by atoms with Crippen LogP contribution in [0.15, 0.2) is 48.5 Å². The number of fused-ring (bicyclic) bond motifs is 3. The molecular weight excluding hydrogens is 422 g/mol. The van der Waals surface area contributed by atoms with E-state index in [1.54, 1.807) is 0 Å². The fourth-order valence-corrected chi connectivity index (χ4v) is 3.83. The van der Waals surface area contributed by atoms with Crippen molar-refractivity contribution in [1.82, 2.24) is 10.6 Å². The highest BCUT2D eigenvalue weighted by Crippen LogP contribution is 2.44. The maximum atomic E-state index is 12.9. The molecule has 0 radical (unpaired) electrons. The molecule has 0 fully saturated rings. The Bertz CT molecular complexity index is 952. The van der Waals surface area contributed by atoms with Crippen molar-refractivity contribution >= 4 is 18.0 Å². The first-order valence-electron chi connectivity index (χ1n) is 10.2. The van der Waals surface area contributed by atoms with Gasteiger partial charge < -0.3 is 20.5 Å². The third kappa shape index (κ3) is 5.60. The third-order valence-electron chi connectivity index (χ3n) is 5.24. The first-order valence-corrected chi connectivity index (χ1v) is 10.2. The van der Waals surface area contributed by atoms with E-state index in [4.69, 9.17) is 9.84 Å². The van der Waals surface area contributed by atoms with Crippen molar-refractivity contribution in [2.75, 3.05) is 6.61 Å². The van der Waals surface area contributed by atoms with Crippen molar-refractivity contribution in [1.29, 1.82) is 0 Å². The van der Waals surface area contributed by atoms with Crippen LogP contribution in [-0.2, 0) is 14.3 Å². The van der Waals surface area contributed by atoms with Crippen molar-refractivity contribution < 1.29 is 33.0 Å². The van der Waals surface area contributed by atoms with Gasteiger partial charge in [-0.2, -0.15) is 0 Å². The molecule has 0 heterocycles. The standard InChI is InChI=1S/C23H24F2N2O5/c1-13(10-20(28)27-19(22(24)25)11-21(29)30)26-23(31)32-12-18-16-8-4-2-6-14(16)15-7-3-5-9-17(15)18/h2-9,13,18-19,22H,10-12H2,1H3,(H,26,31)(H,27,28)(H,29,30)/t13-,19?/m0/s1. The molecule has 32 heavy (non-hydrogen) atoms. The highest BCUT2D eigenvalue weighted by molar-refractivity contribution is 5.80. The van der Waals surface area contributed by atoms with E-state index in [1.807, 2.05) is 53.8 Å². The van der Waals surface area contributed by atoms with Crippen molar-refractivity contribution in [2.24, 2.45) is 0 Å². The number of hydrogen-bond donors (Lipinski definition) is 3. The quantitative estimate of drug-likeness (QED) is 0.547. The van der Waals surface area contributed by atoms with Gasteiger partial charge in [0.25, 0.3) is 6.43 Å². The average molecular weight is 446 g/mol. The number of carboxylic acid groups (broad SMARTS) is 1. The van der Waals surface area contributed by atoms with Gasteiger partial charge in [-0.3, -0.25) is 9.59 Å². The molecule has 170 valence electrons. The van der Waals surface area contributed by atoms with Gasteiger partial charge in [0.1, 0.15) is 12.6 Å². The molecule has 0 aliphatic heterocycles. The summed E-state index contributed by atoms with van der Waals surface area (Å²) < 4.78 is 31.1. The molecule has 9 heteroatoms. The summed E-state index contributed by atoms with van der Waals surface area (Å²) in [6, 6.07) is 13.3. The molecule has 0 aromatic heterocycles. The highest BCUT2D eigenvalue weighted by Gasteiger charge is 2.29. The smallest absolute Gasteiger partial charge is 0.407 e. The van der Waals surface area contributed by atoms with Gasteiger partial charge in [-0.05, 0) is 29.2 Å². The van der Waals surface area contributed by atoms with Gasteiger partial charge in [0.2, 0.25) is 5.91 Å². The molecule has 1 aliphatic rings. The number of carboxylic acids is 1. The Hall–Kier alpha value is -3.49. The second-order valence-electron chi connectivity index (χ2n) is 7.68. The monoisotopic (exact) mass is 446 g/mol. The van der Waals surface area contributed by atoms with Crippen LogP contribution in [0.4, 0.5) is 13.6 Å². The maximum Gasteiger partial charge on any atom is 0.407 e. The SMILES string of the molecule is C[C@@H](CC(=O)NC(CC(=O)O)C(F)F)NC(=O)OCC1c2ccccc2-c2ccccc21. The Morgan fingerprint density at radius 1 is 0.969 bits per heavy atom. The molecule has 3 rings (SSSR count). The fourth-order valence-electron chi connectivity index (χ4n) is 3.83. The van der Waals surface area contributed by atoms with Gasteiger partial charge >= 0.3 is 12.1 Å². The van der Waals surface area contributed by atoms with E-state index < -0.39 is 42.9 Å². The first-order chi connectivity index (χ1) is 15.3. The van der Waals surface area contributed by atoms with E-state index in [0.717, 1.165) is 22.3 Å². The summed E-state index contributed by atoms with van der Waals surface area (Å²) in [7, 11) is 0. The number of carbonyl (C=O) groups excluding carboxylic acids is 2. The number of hydrogen-bond acceptors (Lipinski definition) is 4. The van der Waals surface area contributed by atoms with Crippen LogP contribution in [0, 0.1) is 0 Å².